The Labute approximate surface area is 132 Å². The molecule has 1 atom stereocenters. The zero-order chi connectivity index (χ0) is 14.8. The lowest BCUT2D eigenvalue weighted by atomic mass is 9.87. The molecule has 0 amide bonds. The largest absolute Gasteiger partial charge is 0.478 e. The van der Waals surface area contributed by atoms with E-state index in [4.69, 9.17) is 5.11 Å². The van der Waals surface area contributed by atoms with Crippen molar-refractivity contribution in [2.75, 3.05) is 5.32 Å². The standard InChI is InChI=1S/C17H16BrNO2/c18-14-10-12(17(20)21)8-9-16(14)19-15-7-3-5-11-4-1-2-6-13(11)15/h1-2,4,6,8-10,15,19H,3,5,7H2,(H,20,21). The van der Waals surface area contributed by atoms with E-state index in [0.29, 0.717) is 0 Å². The molecule has 0 spiro atoms. The van der Waals surface area contributed by atoms with Crippen molar-refractivity contribution in [2.45, 2.75) is 25.3 Å². The fourth-order valence-electron chi connectivity index (χ4n) is 2.86. The van der Waals surface area contributed by atoms with Crippen LogP contribution in [0.15, 0.2) is 46.9 Å². The second-order valence-corrected chi connectivity index (χ2v) is 6.14. The second-order valence-electron chi connectivity index (χ2n) is 5.29. The summed E-state index contributed by atoms with van der Waals surface area (Å²) in [4.78, 5) is 11.0. The van der Waals surface area contributed by atoms with Crippen molar-refractivity contribution in [3.63, 3.8) is 0 Å². The van der Waals surface area contributed by atoms with Crippen molar-refractivity contribution >= 4 is 27.6 Å². The fraction of sp³-hybridized carbons (Fsp3) is 0.235. The van der Waals surface area contributed by atoms with Gasteiger partial charge in [0.25, 0.3) is 0 Å². The third-order valence-electron chi connectivity index (χ3n) is 3.92. The molecule has 3 nitrogen and oxygen atoms in total. The van der Waals surface area contributed by atoms with Crippen molar-refractivity contribution in [3.05, 3.63) is 63.6 Å². The normalized spacial score (nSPS) is 17.1. The number of benzene rings is 2. The molecular formula is C17H16BrNO2. The van der Waals surface area contributed by atoms with Gasteiger partial charge in [-0.05, 0) is 64.5 Å². The number of anilines is 1. The second kappa shape index (κ2) is 5.90. The van der Waals surface area contributed by atoms with E-state index in [-0.39, 0.29) is 11.6 Å². The van der Waals surface area contributed by atoms with Crippen molar-refractivity contribution < 1.29 is 9.90 Å². The number of hydrogen-bond donors (Lipinski definition) is 2. The van der Waals surface area contributed by atoms with Gasteiger partial charge in [0, 0.05) is 10.2 Å². The quantitative estimate of drug-likeness (QED) is 0.851. The van der Waals surface area contributed by atoms with Crippen LogP contribution in [-0.2, 0) is 6.42 Å². The van der Waals surface area contributed by atoms with Gasteiger partial charge in [0.05, 0.1) is 11.6 Å². The summed E-state index contributed by atoms with van der Waals surface area (Å²) in [6, 6.07) is 13.9. The van der Waals surface area contributed by atoms with Gasteiger partial charge in [-0.3, -0.25) is 0 Å². The van der Waals surface area contributed by atoms with Gasteiger partial charge in [-0.25, -0.2) is 4.79 Å². The predicted octanol–water partition coefficient (Wildman–Crippen LogP) is 4.64. The minimum absolute atomic E-state index is 0.280. The summed E-state index contributed by atoms with van der Waals surface area (Å²) in [6.07, 6.45) is 3.39. The summed E-state index contributed by atoms with van der Waals surface area (Å²) in [5, 5.41) is 12.5. The van der Waals surface area contributed by atoms with Gasteiger partial charge >= 0.3 is 5.97 Å². The minimum atomic E-state index is -0.912. The van der Waals surface area contributed by atoms with Gasteiger partial charge in [0.15, 0.2) is 0 Å². The summed E-state index contributed by atoms with van der Waals surface area (Å²) in [5.41, 5.74) is 3.97. The number of fused-ring (bicyclic) bond motifs is 1. The van der Waals surface area contributed by atoms with Crippen LogP contribution < -0.4 is 5.32 Å². The van der Waals surface area contributed by atoms with Crippen molar-refractivity contribution in [1.82, 2.24) is 0 Å². The lowest BCUT2D eigenvalue weighted by Gasteiger charge is -2.27. The van der Waals surface area contributed by atoms with Gasteiger partial charge in [-0.15, -0.1) is 0 Å². The maximum atomic E-state index is 11.0. The Morgan fingerprint density at radius 1 is 1.24 bits per heavy atom. The summed E-state index contributed by atoms with van der Waals surface area (Å²) < 4.78 is 0.783. The molecular weight excluding hydrogens is 330 g/mol. The smallest absolute Gasteiger partial charge is 0.335 e. The molecule has 3 rings (SSSR count). The van der Waals surface area contributed by atoms with Crippen LogP contribution in [0.4, 0.5) is 5.69 Å². The average molecular weight is 346 g/mol. The Bertz CT molecular complexity index is 684. The van der Waals surface area contributed by atoms with Crippen LogP contribution in [0.3, 0.4) is 0 Å². The van der Waals surface area contributed by atoms with Crippen LogP contribution in [0.5, 0.6) is 0 Å². The summed E-state index contributed by atoms with van der Waals surface area (Å²) in [6.45, 7) is 0. The number of nitrogens with one attached hydrogen (secondary N) is 1. The molecule has 108 valence electrons. The zero-order valence-corrected chi connectivity index (χ0v) is 13.1. The molecule has 0 fully saturated rings. The highest BCUT2D eigenvalue weighted by molar-refractivity contribution is 9.10. The molecule has 0 heterocycles. The third kappa shape index (κ3) is 2.95. The van der Waals surface area contributed by atoms with E-state index in [1.165, 1.54) is 17.5 Å². The number of rotatable bonds is 3. The maximum Gasteiger partial charge on any atom is 0.335 e. The first-order chi connectivity index (χ1) is 10.1. The number of halogens is 1. The van der Waals surface area contributed by atoms with E-state index < -0.39 is 5.97 Å². The summed E-state index contributed by atoms with van der Waals surface area (Å²) in [5.74, 6) is -0.912. The molecule has 0 saturated carbocycles. The van der Waals surface area contributed by atoms with Crippen LogP contribution in [0.25, 0.3) is 0 Å². The topological polar surface area (TPSA) is 49.3 Å². The van der Waals surface area contributed by atoms with Crippen molar-refractivity contribution in [2.24, 2.45) is 0 Å². The van der Waals surface area contributed by atoms with E-state index in [2.05, 4.69) is 45.5 Å². The molecule has 0 aromatic heterocycles. The zero-order valence-electron chi connectivity index (χ0n) is 11.5. The van der Waals surface area contributed by atoms with E-state index in [1.807, 2.05) is 6.07 Å². The molecule has 1 aliphatic rings. The van der Waals surface area contributed by atoms with Crippen LogP contribution in [0.2, 0.25) is 0 Å². The average Bonchev–Trinajstić information content (AvgIpc) is 2.49. The molecule has 0 aliphatic heterocycles. The molecule has 4 heteroatoms. The minimum Gasteiger partial charge on any atom is -0.478 e. The number of aromatic carboxylic acids is 1. The Kier molecular flexibility index (Phi) is 3.97. The van der Waals surface area contributed by atoms with E-state index >= 15 is 0 Å². The van der Waals surface area contributed by atoms with E-state index in [1.54, 1.807) is 12.1 Å². The SMILES string of the molecule is O=C(O)c1ccc(NC2CCCc3ccccc32)c(Br)c1. The van der Waals surface area contributed by atoms with Gasteiger partial charge in [-0.2, -0.15) is 0 Å². The van der Waals surface area contributed by atoms with Crippen molar-refractivity contribution in [1.29, 1.82) is 0 Å². The molecule has 0 bridgehead atoms. The molecule has 2 aromatic rings. The molecule has 1 unspecified atom stereocenters. The van der Waals surface area contributed by atoms with Crippen LogP contribution in [0.1, 0.15) is 40.4 Å². The van der Waals surface area contributed by atoms with Crippen molar-refractivity contribution in [3.8, 4) is 0 Å². The highest BCUT2D eigenvalue weighted by Gasteiger charge is 2.20. The van der Waals surface area contributed by atoms with Gasteiger partial charge in [0.1, 0.15) is 0 Å². The number of carbonyl (C=O) groups is 1. The van der Waals surface area contributed by atoms with E-state index in [9.17, 15) is 4.79 Å². The summed E-state index contributed by atoms with van der Waals surface area (Å²) in [7, 11) is 0. The Morgan fingerprint density at radius 2 is 2.05 bits per heavy atom. The Morgan fingerprint density at radius 3 is 2.81 bits per heavy atom. The lowest BCUT2D eigenvalue weighted by molar-refractivity contribution is 0.0697. The predicted molar refractivity (Wildman–Crippen MR) is 86.8 cm³/mol. The van der Waals surface area contributed by atoms with Crippen LogP contribution >= 0.6 is 15.9 Å². The maximum absolute atomic E-state index is 11.0. The highest BCUT2D eigenvalue weighted by Crippen LogP contribution is 2.34. The first-order valence-electron chi connectivity index (χ1n) is 7.02. The molecule has 1 aliphatic carbocycles. The molecule has 2 N–H and O–H groups in total. The Hall–Kier alpha value is -1.81. The van der Waals surface area contributed by atoms with Gasteiger partial charge in [0.2, 0.25) is 0 Å². The fourth-order valence-corrected chi connectivity index (χ4v) is 3.35. The number of carboxylic acids is 1. The lowest BCUT2D eigenvalue weighted by Crippen LogP contribution is -2.17. The van der Waals surface area contributed by atoms with Gasteiger partial charge < -0.3 is 10.4 Å². The van der Waals surface area contributed by atoms with Crippen LogP contribution in [-0.4, -0.2) is 11.1 Å². The monoisotopic (exact) mass is 345 g/mol. The Balaban J connectivity index is 1.86. The first kappa shape index (κ1) is 14.1. The highest BCUT2D eigenvalue weighted by atomic mass is 79.9. The molecule has 21 heavy (non-hydrogen) atoms. The molecule has 0 saturated heterocycles. The number of hydrogen-bond acceptors (Lipinski definition) is 2. The molecule has 0 radical (unpaired) electrons. The van der Waals surface area contributed by atoms with Gasteiger partial charge in [-0.1, -0.05) is 24.3 Å². The number of aryl methyl sites for hydroxylation is 1. The van der Waals surface area contributed by atoms with E-state index in [0.717, 1.165) is 23.0 Å². The summed E-state index contributed by atoms with van der Waals surface area (Å²) >= 11 is 3.46. The molecule has 2 aromatic carbocycles. The number of carboxylic acid groups (broad SMARTS) is 1. The first-order valence-corrected chi connectivity index (χ1v) is 7.81. The van der Waals surface area contributed by atoms with Crippen LogP contribution in [0, 0.1) is 0 Å². The third-order valence-corrected chi connectivity index (χ3v) is 4.57.